The Hall–Kier alpha value is -3.67. The summed E-state index contributed by atoms with van der Waals surface area (Å²) >= 11 is 0. The molecule has 0 aliphatic heterocycles. The van der Waals surface area contributed by atoms with Gasteiger partial charge in [0, 0.05) is 0 Å². The second kappa shape index (κ2) is 25.3. The van der Waals surface area contributed by atoms with Gasteiger partial charge < -0.3 is 39.4 Å². The van der Waals surface area contributed by atoms with Crippen molar-refractivity contribution in [2.24, 2.45) is 40.9 Å². The highest BCUT2D eigenvalue weighted by molar-refractivity contribution is 5.72. The van der Waals surface area contributed by atoms with Gasteiger partial charge in [-0.3, -0.25) is 4.79 Å². The summed E-state index contributed by atoms with van der Waals surface area (Å²) in [5, 5.41) is 40.8. The number of hydrogen-bond acceptors (Lipinski definition) is 10. The molecule has 0 spiro atoms. The Bertz CT molecular complexity index is 1880. The minimum absolute atomic E-state index is 0.0943. The number of aliphatic carboxylic acids is 1. The third kappa shape index (κ3) is 16.8. The third-order valence-electron chi connectivity index (χ3n) is 14.7. The number of esters is 2. The molecule has 4 N–H and O–H groups in total. The Balaban J connectivity index is 0.000000252. The minimum Gasteiger partial charge on any atom is -0.482 e. The van der Waals surface area contributed by atoms with Crippen LogP contribution in [0.1, 0.15) is 174 Å². The summed E-state index contributed by atoms with van der Waals surface area (Å²) in [6.45, 7) is 15.6. The lowest BCUT2D eigenvalue weighted by Gasteiger charge is -2.33. The Labute approximate surface area is 402 Å². The van der Waals surface area contributed by atoms with Crippen LogP contribution in [0.3, 0.4) is 0 Å². The topological polar surface area (TPSA) is 169 Å². The number of aliphatic hydroxyl groups excluding tert-OH is 3. The standard InChI is InChI=1S/C29H44O6.C27H42O5/c1-5-6-7-10-21(30)12-13-22-23-14-19-9-8-11-25(34-18-27(31)32)24(19)15-20(23)16-26(22)35-28(33)17-29(2,3)4;1-5-6-7-10-20(28)12-13-21-22-14-18-9-8-11-25(23(18)15-19(22)16-24(21)29)31-17-26(30)32-27(2,3)4/h8-9,11,20-23,26,30H,5-7,10,12-18H2,1-4H3,(H,31,32);8-9,11,19-22,24,28-29H,5-7,10,12-17H2,1-4H3/t20-,21-,22+,23-,26+;19-,20-,21+,22-,24+/m00/s1. The lowest BCUT2D eigenvalue weighted by molar-refractivity contribution is -0.157. The zero-order chi connectivity index (χ0) is 48.9. The van der Waals surface area contributed by atoms with Crippen LogP contribution in [0.5, 0.6) is 11.5 Å². The summed E-state index contributed by atoms with van der Waals surface area (Å²) in [5.41, 5.74) is 4.07. The normalized spacial score (nSPS) is 25.0. The first-order valence-corrected chi connectivity index (χ1v) is 25.9. The van der Waals surface area contributed by atoms with Gasteiger partial charge in [0.05, 0.1) is 24.7 Å². The molecule has 0 aromatic heterocycles. The van der Waals surface area contributed by atoms with E-state index in [-0.39, 0.29) is 66.8 Å². The number of benzene rings is 2. The number of ether oxygens (including phenoxy) is 4. The van der Waals surface area contributed by atoms with Gasteiger partial charge in [0.2, 0.25) is 0 Å². The maximum Gasteiger partial charge on any atom is 0.344 e. The Morgan fingerprint density at radius 3 is 1.67 bits per heavy atom. The van der Waals surface area contributed by atoms with Crippen molar-refractivity contribution in [2.45, 2.75) is 207 Å². The highest BCUT2D eigenvalue weighted by Gasteiger charge is 2.48. The number of aliphatic hydroxyl groups is 3. The minimum atomic E-state index is -0.986. The van der Waals surface area contributed by atoms with E-state index in [0.29, 0.717) is 35.8 Å². The van der Waals surface area contributed by atoms with E-state index in [1.165, 1.54) is 29.5 Å². The highest BCUT2D eigenvalue weighted by atomic mass is 16.6. The molecule has 11 heteroatoms. The average molecular weight is 935 g/mol. The van der Waals surface area contributed by atoms with Gasteiger partial charge in [0.1, 0.15) is 23.2 Å². The van der Waals surface area contributed by atoms with Crippen LogP contribution < -0.4 is 9.47 Å². The van der Waals surface area contributed by atoms with Crippen LogP contribution in [-0.2, 0) is 49.5 Å². The van der Waals surface area contributed by atoms with Crippen LogP contribution in [0.2, 0.25) is 0 Å². The molecule has 6 rings (SSSR count). The van der Waals surface area contributed by atoms with E-state index >= 15 is 0 Å². The molecule has 67 heavy (non-hydrogen) atoms. The fourth-order valence-electron chi connectivity index (χ4n) is 11.6. The molecule has 4 aliphatic rings. The van der Waals surface area contributed by atoms with Crippen LogP contribution in [0.25, 0.3) is 0 Å². The number of rotatable bonds is 22. The average Bonchev–Trinajstić information content (AvgIpc) is 3.74. The molecular formula is C56H86O11. The second-order valence-electron chi connectivity index (χ2n) is 22.6. The Morgan fingerprint density at radius 1 is 0.657 bits per heavy atom. The highest BCUT2D eigenvalue weighted by Crippen LogP contribution is 2.51. The van der Waals surface area contributed by atoms with Gasteiger partial charge >= 0.3 is 17.9 Å². The number of carbonyl (C=O) groups excluding carboxylic acids is 2. The monoisotopic (exact) mass is 935 g/mol. The summed E-state index contributed by atoms with van der Waals surface area (Å²) in [6.07, 6.45) is 16.2. The van der Waals surface area contributed by atoms with E-state index < -0.39 is 11.6 Å². The van der Waals surface area contributed by atoms with Gasteiger partial charge in [-0.25, -0.2) is 9.59 Å². The first-order chi connectivity index (χ1) is 31.7. The molecule has 0 saturated heterocycles. The fraction of sp³-hybridized carbons (Fsp3) is 0.732. The number of hydrogen-bond donors (Lipinski definition) is 4. The number of unbranched alkanes of at least 4 members (excludes halogenated alkanes) is 4. The lowest BCUT2D eigenvalue weighted by atomic mass is 9.73. The quantitative estimate of drug-likeness (QED) is 0.0655. The predicted molar refractivity (Wildman–Crippen MR) is 261 cm³/mol. The summed E-state index contributed by atoms with van der Waals surface area (Å²) in [7, 11) is 0. The van der Waals surface area contributed by atoms with E-state index in [1.807, 2.05) is 65.8 Å². The zero-order valence-electron chi connectivity index (χ0n) is 42.2. The number of carboxylic acid groups (broad SMARTS) is 1. The molecule has 10 atom stereocenters. The molecule has 376 valence electrons. The van der Waals surface area contributed by atoms with Crippen LogP contribution in [-0.4, -0.2) is 81.6 Å². The van der Waals surface area contributed by atoms with Crippen LogP contribution in [0.15, 0.2) is 36.4 Å². The van der Waals surface area contributed by atoms with Crippen molar-refractivity contribution in [3.63, 3.8) is 0 Å². The van der Waals surface area contributed by atoms with Crippen LogP contribution >= 0.6 is 0 Å². The van der Waals surface area contributed by atoms with Crippen molar-refractivity contribution in [3.8, 4) is 11.5 Å². The summed E-state index contributed by atoms with van der Waals surface area (Å²) in [6, 6.07) is 11.9. The Morgan fingerprint density at radius 2 is 1.16 bits per heavy atom. The van der Waals surface area contributed by atoms with E-state index in [2.05, 4.69) is 26.0 Å². The zero-order valence-corrected chi connectivity index (χ0v) is 42.2. The lowest BCUT2D eigenvalue weighted by Crippen LogP contribution is -2.30. The summed E-state index contributed by atoms with van der Waals surface area (Å²) in [5.74, 6) is 2.00. The molecule has 0 unspecified atom stereocenters. The fourth-order valence-corrected chi connectivity index (χ4v) is 11.6. The van der Waals surface area contributed by atoms with Gasteiger partial charge in [0.15, 0.2) is 13.2 Å². The molecule has 0 amide bonds. The molecule has 2 aromatic rings. The summed E-state index contributed by atoms with van der Waals surface area (Å²) < 4.78 is 22.9. The molecule has 4 aliphatic carbocycles. The van der Waals surface area contributed by atoms with Gasteiger partial charge in [-0.1, -0.05) is 97.4 Å². The van der Waals surface area contributed by atoms with Crippen molar-refractivity contribution in [2.75, 3.05) is 13.2 Å². The van der Waals surface area contributed by atoms with Crippen molar-refractivity contribution in [1.29, 1.82) is 0 Å². The number of carbonyl (C=O) groups is 3. The molecule has 2 aromatic carbocycles. The maximum absolute atomic E-state index is 12.8. The van der Waals surface area contributed by atoms with Gasteiger partial charge in [-0.2, -0.15) is 0 Å². The number of carboxylic acids is 1. The van der Waals surface area contributed by atoms with E-state index in [4.69, 9.17) is 24.1 Å². The Kier molecular flexibility index (Phi) is 20.5. The third-order valence-corrected chi connectivity index (χ3v) is 14.7. The molecule has 0 heterocycles. The van der Waals surface area contributed by atoms with Gasteiger partial charge in [-0.15, -0.1) is 0 Å². The van der Waals surface area contributed by atoms with Crippen molar-refractivity contribution < 1.29 is 53.8 Å². The van der Waals surface area contributed by atoms with E-state index in [9.17, 15) is 29.7 Å². The van der Waals surface area contributed by atoms with Crippen LogP contribution in [0.4, 0.5) is 0 Å². The van der Waals surface area contributed by atoms with Crippen molar-refractivity contribution in [1.82, 2.24) is 0 Å². The maximum atomic E-state index is 12.8. The molecule has 2 fully saturated rings. The van der Waals surface area contributed by atoms with E-state index in [1.54, 1.807) is 0 Å². The largest absolute Gasteiger partial charge is 0.482 e. The summed E-state index contributed by atoms with van der Waals surface area (Å²) in [4.78, 5) is 35.9. The smallest absolute Gasteiger partial charge is 0.344 e. The first-order valence-electron chi connectivity index (χ1n) is 25.9. The SMILES string of the molecule is CCCCC[C@H](O)CC[C@@H]1[C@H]2Cc3cccc(OCC(=O)O)c3C[C@H]2C[C@H]1OC(=O)CC(C)(C)C.CCCCC[C@H](O)CC[C@@H]1[C@H]2Cc3cccc(OCC(=O)OC(C)(C)C)c3C[C@H]2C[C@H]1O. The van der Waals surface area contributed by atoms with E-state index in [0.717, 1.165) is 114 Å². The molecule has 2 saturated carbocycles. The molecule has 0 bridgehead atoms. The van der Waals surface area contributed by atoms with Crippen molar-refractivity contribution in [3.05, 3.63) is 58.7 Å². The predicted octanol–water partition coefficient (Wildman–Crippen LogP) is 10.4. The molecule has 11 nitrogen and oxygen atoms in total. The second-order valence-corrected chi connectivity index (χ2v) is 22.6. The molecule has 0 radical (unpaired) electrons. The van der Waals surface area contributed by atoms with Gasteiger partial charge in [-0.05, 0) is 173 Å². The first kappa shape index (κ1) is 54.3. The van der Waals surface area contributed by atoms with Crippen LogP contribution in [0, 0.1) is 40.9 Å². The molecular weight excluding hydrogens is 849 g/mol. The van der Waals surface area contributed by atoms with Crippen molar-refractivity contribution >= 4 is 17.9 Å². The van der Waals surface area contributed by atoms with Gasteiger partial charge in [0.25, 0.3) is 0 Å². The number of fused-ring (bicyclic) bond motifs is 4.